The Kier molecular flexibility index (Phi) is 4.34. The molecular formula is C13H12ClF2N3O. The topological polar surface area (TPSA) is 61.0 Å². The van der Waals surface area contributed by atoms with E-state index in [1.807, 2.05) is 6.92 Å². The van der Waals surface area contributed by atoms with Crippen LogP contribution in [0.5, 0.6) is 11.6 Å². The highest BCUT2D eigenvalue weighted by molar-refractivity contribution is 6.32. The third-order valence-electron chi connectivity index (χ3n) is 2.54. The summed E-state index contributed by atoms with van der Waals surface area (Å²) in [6.45, 7) is 1.99. The Morgan fingerprint density at radius 2 is 2.00 bits per heavy atom. The number of aryl methyl sites for hydroxylation is 1. The standard InChI is InChI=1S/C13H12ClF2N3O/c1-2-3-11-10(17)6-12(19-18-11)20-13-8(14)4-7(15)5-9(13)16/h4-6H,2-3H2,1H3,(H2,17,19). The van der Waals surface area contributed by atoms with Gasteiger partial charge < -0.3 is 10.5 Å². The Morgan fingerprint density at radius 3 is 2.60 bits per heavy atom. The molecule has 0 fully saturated rings. The van der Waals surface area contributed by atoms with E-state index >= 15 is 0 Å². The number of anilines is 1. The molecule has 1 aromatic carbocycles. The number of hydrogen-bond donors (Lipinski definition) is 1. The Labute approximate surface area is 119 Å². The molecule has 0 amide bonds. The van der Waals surface area contributed by atoms with Crippen LogP contribution in [-0.4, -0.2) is 10.2 Å². The van der Waals surface area contributed by atoms with Crippen molar-refractivity contribution in [3.63, 3.8) is 0 Å². The number of ether oxygens (including phenoxy) is 1. The monoisotopic (exact) mass is 299 g/mol. The van der Waals surface area contributed by atoms with Gasteiger partial charge in [-0.2, -0.15) is 0 Å². The van der Waals surface area contributed by atoms with Crippen molar-refractivity contribution in [2.24, 2.45) is 0 Å². The van der Waals surface area contributed by atoms with Gasteiger partial charge in [0.1, 0.15) is 5.82 Å². The van der Waals surface area contributed by atoms with Crippen LogP contribution in [0.15, 0.2) is 18.2 Å². The number of nitrogens with two attached hydrogens (primary N) is 1. The first kappa shape index (κ1) is 14.5. The number of benzene rings is 1. The molecule has 0 saturated heterocycles. The predicted molar refractivity (Wildman–Crippen MR) is 71.9 cm³/mol. The summed E-state index contributed by atoms with van der Waals surface area (Å²) in [5.74, 6) is -2.03. The second-order valence-electron chi connectivity index (χ2n) is 4.14. The van der Waals surface area contributed by atoms with E-state index in [4.69, 9.17) is 22.1 Å². The summed E-state index contributed by atoms with van der Waals surface area (Å²) >= 11 is 5.72. The van der Waals surface area contributed by atoms with Gasteiger partial charge in [-0.05, 0) is 12.5 Å². The quantitative estimate of drug-likeness (QED) is 0.934. The van der Waals surface area contributed by atoms with Crippen molar-refractivity contribution in [1.82, 2.24) is 10.2 Å². The zero-order chi connectivity index (χ0) is 14.7. The largest absolute Gasteiger partial charge is 0.433 e. The van der Waals surface area contributed by atoms with Crippen molar-refractivity contribution in [3.8, 4) is 11.6 Å². The van der Waals surface area contributed by atoms with E-state index < -0.39 is 11.6 Å². The number of aromatic nitrogens is 2. The van der Waals surface area contributed by atoms with Crippen molar-refractivity contribution in [1.29, 1.82) is 0 Å². The van der Waals surface area contributed by atoms with E-state index in [-0.39, 0.29) is 16.7 Å². The minimum absolute atomic E-state index is 0.00485. The average molecular weight is 300 g/mol. The van der Waals surface area contributed by atoms with Crippen LogP contribution < -0.4 is 10.5 Å². The summed E-state index contributed by atoms with van der Waals surface area (Å²) < 4.78 is 31.7. The minimum atomic E-state index is -0.923. The highest BCUT2D eigenvalue weighted by Gasteiger charge is 2.14. The van der Waals surface area contributed by atoms with Crippen molar-refractivity contribution in [2.75, 3.05) is 5.73 Å². The van der Waals surface area contributed by atoms with Crippen molar-refractivity contribution >= 4 is 17.3 Å². The fraction of sp³-hybridized carbons (Fsp3) is 0.231. The third kappa shape index (κ3) is 3.14. The van der Waals surface area contributed by atoms with Crippen molar-refractivity contribution in [3.05, 3.63) is 40.6 Å². The van der Waals surface area contributed by atoms with Gasteiger partial charge in [-0.15, -0.1) is 10.2 Å². The van der Waals surface area contributed by atoms with Crippen LogP contribution in [0.1, 0.15) is 19.0 Å². The van der Waals surface area contributed by atoms with E-state index in [1.54, 1.807) is 0 Å². The Morgan fingerprint density at radius 1 is 1.25 bits per heavy atom. The van der Waals surface area contributed by atoms with Gasteiger partial charge in [-0.1, -0.05) is 24.9 Å². The number of halogens is 3. The SMILES string of the molecule is CCCc1nnc(Oc2c(F)cc(F)cc2Cl)cc1N. The van der Waals surface area contributed by atoms with Crippen LogP contribution in [0.2, 0.25) is 5.02 Å². The first-order valence-corrected chi connectivity index (χ1v) is 6.33. The first-order valence-electron chi connectivity index (χ1n) is 5.95. The second-order valence-corrected chi connectivity index (χ2v) is 4.54. The molecule has 2 N–H and O–H groups in total. The molecular weight excluding hydrogens is 288 g/mol. The molecule has 0 radical (unpaired) electrons. The molecule has 0 aliphatic heterocycles. The number of hydrogen-bond acceptors (Lipinski definition) is 4. The third-order valence-corrected chi connectivity index (χ3v) is 2.82. The molecule has 1 aromatic heterocycles. The average Bonchev–Trinajstić information content (AvgIpc) is 2.37. The van der Waals surface area contributed by atoms with Gasteiger partial charge in [0.15, 0.2) is 11.6 Å². The van der Waals surface area contributed by atoms with Crippen molar-refractivity contribution < 1.29 is 13.5 Å². The maximum Gasteiger partial charge on any atom is 0.241 e. The summed E-state index contributed by atoms with van der Waals surface area (Å²) in [5, 5.41) is 7.49. The summed E-state index contributed by atoms with van der Waals surface area (Å²) in [6.07, 6.45) is 1.56. The molecule has 7 heteroatoms. The normalized spacial score (nSPS) is 10.6. The lowest BCUT2D eigenvalue weighted by Gasteiger charge is -2.09. The molecule has 1 heterocycles. The minimum Gasteiger partial charge on any atom is -0.433 e. The predicted octanol–water partition coefficient (Wildman–Crippen LogP) is 3.74. The van der Waals surface area contributed by atoms with E-state index in [0.29, 0.717) is 23.9 Å². The van der Waals surface area contributed by atoms with Crippen LogP contribution in [0.4, 0.5) is 14.5 Å². The lowest BCUT2D eigenvalue weighted by atomic mass is 10.2. The van der Waals surface area contributed by atoms with Gasteiger partial charge in [0.2, 0.25) is 5.88 Å². The summed E-state index contributed by atoms with van der Waals surface area (Å²) in [5.41, 5.74) is 6.83. The Bertz CT molecular complexity index is 614. The second kappa shape index (κ2) is 6.00. The maximum atomic E-state index is 13.6. The molecule has 0 atom stereocenters. The van der Waals surface area contributed by atoms with Gasteiger partial charge in [-0.25, -0.2) is 8.78 Å². The Hall–Kier alpha value is -1.95. The molecule has 2 rings (SSSR count). The summed E-state index contributed by atoms with van der Waals surface area (Å²) in [4.78, 5) is 0. The van der Waals surface area contributed by atoms with Crippen LogP contribution in [0, 0.1) is 11.6 Å². The van der Waals surface area contributed by atoms with Gasteiger partial charge in [0.25, 0.3) is 0 Å². The fourth-order valence-corrected chi connectivity index (χ4v) is 1.86. The van der Waals surface area contributed by atoms with Crippen LogP contribution in [-0.2, 0) is 6.42 Å². The molecule has 0 spiro atoms. The number of nitrogen functional groups attached to an aromatic ring is 1. The zero-order valence-corrected chi connectivity index (χ0v) is 11.4. The summed E-state index contributed by atoms with van der Waals surface area (Å²) in [7, 11) is 0. The van der Waals surface area contributed by atoms with Gasteiger partial charge in [-0.3, -0.25) is 0 Å². The molecule has 0 bridgehead atoms. The lowest BCUT2D eigenvalue weighted by molar-refractivity contribution is 0.418. The lowest BCUT2D eigenvalue weighted by Crippen LogP contribution is -2.02. The van der Waals surface area contributed by atoms with Gasteiger partial charge in [0.05, 0.1) is 16.4 Å². The highest BCUT2D eigenvalue weighted by atomic mass is 35.5. The van der Waals surface area contributed by atoms with Crippen LogP contribution in [0.25, 0.3) is 0 Å². The molecule has 2 aromatic rings. The van der Waals surface area contributed by atoms with E-state index in [1.165, 1.54) is 6.07 Å². The smallest absolute Gasteiger partial charge is 0.241 e. The van der Waals surface area contributed by atoms with Crippen LogP contribution in [0.3, 0.4) is 0 Å². The van der Waals surface area contributed by atoms with Crippen LogP contribution >= 0.6 is 11.6 Å². The van der Waals surface area contributed by atoms with Gasteiger partial charge in [0, 0.05) is 12.1 Å². The number of nitrogens with zero attached hydrogens (tertiary/aromatic N) is 2. The van der Waals surface area contributed by atoms with E-state index in [0.717, 1.165) is 12.5 Å². The van der Waals surface area contributed by atoms with E-state index in [2.05, 4.69) is 10.2 Å². The zero-order valence-electron chi connectivity index (χ0n) is 10.7. The van der Waals surface area contributed by atoms with Crippen molar-refractivity contribution in [2.45, 2.75) is 19.8 Å². The number of rotatable bonds is 4. The molecule has 0 aliphatic rings. The summed E-state index contributed by atoms with van der Waals surface area (Å²) in [6, 6.07) is 3.04. The molecule has 106 valence electrons. The van der Waals surface area contributed by atoms with E-state index in [9.17, 15) is 8.78 Å². The maximum absolute atomic E-state index is 13.6. The first-order chi connectivity index (χ1) is 9.51. The highest BCUT2D eigenvalue weighted by Crippen LogP contribution is 2.32. The Balaban J connectivity index is 2.29. The fourth-order valence-electron chi connectivity index (χ4n) is 1.62. The molecule has 0 aliphatic carbocycles. The van der Waals surface area contributed by atoms with Gasteiger partial charge >= 0.3 is 0 Å². The molecule has 4 nitrogen and oxygen atoms in total. The molecule has 0 unspecified atom stereocenters. The molecule has 20 heavy (non-hydrogen) atoms. The molecule has 0 saturated carbocycles.